The highest BCUT2D eigenvalue weighted by atomic mass is 16.3. The Labute approximate surface area is 151 Å². The zero-order chi connectivity index (χ0) is 18.5. The molecule has 3 rings (SSSR count). The van der Waals surface area contributed by atoms with E-state index in [0.717, 1.165) is 10.9 Å². The molecule has 1 aromatic heterocycles. The molecular weight excluding hydrogens is 328 g/mol. The summed E-state index contributed by atoms with van der Waals surface area (Å²) in [6, 6.07) is 16.2. The van der Waals surface area contributed by atoms with Crippen LogP contribution < -0.4 is 10.9 Å². The molecular formula is C20H20N4O2. The molecule has 6 heteroatoms. The van der Waals surface area contributed by atoms with Crippen molar-refractivity contribution < 1.29 is 5.11 Å². The lowest BCUT2D eigenvalue weighted by molar-refractivity contribution is 0.169. The molecule has 2 unspecified atom stereocenters. The first-order valence-electron chi connectivity index (χ1n) is 8.45. The van der Waals surface area contributed by atoms with E-state index in [1.165, 1.54) is 4.68 Å². The van der Waals surface area contributed by atoms with Crippen molar-refractivity contribution in [3.63, 3.8) is 0 Å². The van der Waals surface area contributed by atoms with E-state index in [0.29, 0.717) is 24.0 Å². The van der Waals surface area contributed by atoms with Gasteiger partial charge in [0, 0.05) is 18.0 Å². The predicted octanol–water partition coefficient (Wildman–Crippen LogP) is 1.98. The van der Waals surface area contributed by atoms with Crippen LogP contribution in [0, 0.1) is 11.3 Å². The lowest BCUT2D eigenvalue weighted by atomic mass is 10.1. The van der Waals surface area contributed by atoms with Crippen molar-refractivity contribution in [2.45, 2.75) is 25.6 Å². The maximum Gasteiger partial charge on any atom is 0.274 e. The van der Waals surface area contributed by atoms with Crippen LogP contribution in [0.25, 0.3) is 10.8 Å². The molecule has 0 saturated carbocycles. The van der Waals surface area contributed by atoms with Crippen LogP contribution in [0.15, 0.2) is 59.5 Å². The van der Waals surface area contributed by atoms with E-state index >= 15 is 0 Å². The SMILES string of the molecule is CC(Cn1ncc2ccccc2c1=O)NCC(O)c1ccc(C#N)cc1. The van der Waals surface area contributed by atoms with E-state index in [2.05, 4.69) is 16.5 Å². The molecule has 26 heavy (non-hydrogen) atoms. The van der Waals surface area contributed by atoms with Gasteiger partial charge in [-0.05, 0) is 30.7 Å². The number of aromatic nitrogens is 2. The Morgan fingerprint density at radius 3 is 2.69 bits per heavy atom. The average Bonchev–Trinajstić information content (AvgIpc) is 2.68. The number of rotatable bonds is 6. The molecule has 3 aromatic rings. The van der Waals surface area contributed by atoms with Gasteiger partial charge >= 0.3 is 0 Å². The molecule has 0 aliphatic rings. The van der Waals surface area contributed by atoms with Crippen molar-refractivity contribution in [3.8, 4) is 6.07 Å². The fraction of sp³-hybridized carbons (Fsp3) is 0.250. The van der Waals surface area contributed by atoms with Crippen molar-refractivity contribution in [1.82, 2.24) is 15.1 Å². The van der Waals surface area contributed by atoms with Crippen LogP contribution in [0.1, 0.15) is 24.2 Å². The lowest BCUT2D eigenvalue weighted by Gasteiger charge is -2.18. The molecule has 6 nitrogen and oxygen atoms in total. The average molecular weight is 348 g/mol. The third-order valence-corrected chi connectivity index (χ3v) is 4.29. The van der Waals surface area contributed by atoms with Gasteiger partial charge in [-0.1, -0.05) is 30.3 Å². The summed E-state index contributed by atoms with van der Waals surface area (Å²) in [5.74, 6) is 0. The summed E-state index contributed by atoms with van der Waals surface area (Å²) in [4.78, 5) is 12.5. The first kappa shape index (κ1) is 17.8. The van der Waals surface area contributed by atoms with Gasteiger partial charge in [-0.3, -0.25) is 4.79 Å². The molecule has 2 aromatic carbocycles. The number of nitrogens with zero attached hydrogens (tertiary/aromatic N) is 3. The number of hydrogen-bond acceptors (Lipinski definition) is 5. The summed E-state index contributed by atoms with van der Waals surface area (Å²) in [7, 11) is 0. The fourth-order valence-corrected chi connectivity index (χ4v) is 2.79. The molecule has 0 aliphatic carbocycles. The number of nitriles is 1. The molecule has 0 aliphatic heterocycles. The predicted molar refractivity (Wildman–Crippen MR) is 99.6 cm³/mol. The van der Waals surface area contributed by atoms with Gasteiger partial charge in [-0.15, -0.1) is 0 Å². The molecule has 1 heterocycles. The minimum absolute atomic E-state index is 0.0469. The number of nitrogens with one attached hydrogen (secondary N) is 1. The maximum atomic E-state index is 12.5. The van der Waals surface area contributed by atoms with Crippen LogP contribution in [0.2, 0.25) is 0 Å². The first-order chi connectivity index (χ1) is 12.6. The van der Waals surface area contributed by atoms with Gasteiger partial charge in [-0.2, -0.15) is 10.4 Å². The summed E-state index contributed by atoms with van der Waals surface area (Å²) in [5.41, 5.74) is 1.18. The Bertz CT molecular complexity index is 989. The Morgan fingerprint density at radius 2 is 1.96 bits per heavy atom. The smallest absolute Gasteiger partial charge is 0.274 e. The Balaban J connectivity index is 1.62. The Hall–Kier alpha value is -3.01. The zero-order valence-corrected chi connectivity index (χ0v) is 14.5. The molecule has 0 fully saturated rings. The topological polar surface area (TPSA) is 90.9 Å². The zero-order valence-electron chi connectivity index (χ0n) is 14.5. The van der Waals surface area contributed by atoms with E-state index in [1.807, 2.05) is 25.1 Å². The second kappa shape index (κ2) is 7.91. The van der Waals surface area contributed by atoms with Crippen molar-refractivity contribution in [2.75, 3.05) is 6.54 Å². The number of fused-ring (bicyclic) bond motifs is 1. The van der Waals surface area contributed by atoms with E-state index < -0.39 is 6.10 Å². The van der Waals surface area contributed by atoms with E-state index in [9.17, 15) is 9.90 Å². The molecule has 0 radical (unpaired) electrons. The Kier molecular flexibility index (Phi) is 5.42. The van der Waals surface area contributed by atoms with Gasteiger partial charge in [-0.25, -0.2) is 4.68 Å². The summed E-state index contributed by atoms with van der Waals surface area (Å²) in [6.07, 6.45) is 1.00. The van der Waals surface area contributed by atoms with Gasteiger partial charge in [0.2, 0.25) is 0 Å². The van der Waals surface area contributed by atoms with Gasteiger partial charge in [0.15, 0.2) is 0 Å². The highest BCUT2D eigenvalue weighted by Gasteiger charge is 2.12. The first-order valence-corrected chi connectivity index (χ1v) is 8.45. The number of aliphatic hydroxyl groups excluding tert-OH is 1. The lowest BCUT2D eigenvalue weighted by Crippen LogP contribution is -2.37. The van der Waals surface area contributed by atoms with Crippen molar-refractivity contribution >= 4 is 10.8 Å². The van der Waals surface area contributed by atoms with Crippen molar-refractivity contribution in [2.24, 2.45) is 0 Å². The minimum Gasteiger partial charge on any atom is -0.387 e. The fourth-order valence-electron chi connectivity index (χ4n) is 2.79. The van der Waals surface area contributed by atoms with E-state index in [-0.39, 0.29) is 11.6 Å². The van der Waals surface area contributed by atoms with E-state index in [4.69, 9.17) is 5.26 Å². The highest BCUT2D eigenvalue weighted by molar-refractivity contribution is 5.80. The molecule has 0 bridgehead atoms. The van der Waals surface area contributed by atoms with Crippen LogP contribution >= 0.6 is 0 Å². The summed E-state index contributed by atoms with van der Waals surface area (Å²) >= 11 is 0. The van der Waals surface area contributed by atoms with Gasteiger partial charge < -0.3 is 10.4 Å². The quantitative estimate of drug-likeness (QED) is 0.711. The summed E-state index contributed by atoms with van der Waals surface area (Å²) in [5, 5.41) is 28.0. The van der Waals surface area contributed by atoms with Crippen LogP contribution in [0.5, 0.6) is 0 Å². The monoisotopic (exact) mass is 348 g/mol. The van der Waals surface area contributed by atoms with Crippen molar-refractivity contribution in [3.05, 3.63) is 76.2 Å². The second-order valence-corrected chi connectivity index (χ2v) is 6.28. The number of aliphatic hydroxyl groups is 1. The molecule has 2 N–H and O–H groups in total. The highest BCUT2D eigenvalue weighted by Crippen LogP contribution is 2.13. The largest absolute Gasteiger partial charge is 0.387 e. The number of hydrogen-bond donors (Lipinski definition) is 2. The maximum absolute atomic E-state index is 12.5. The molecule has 132 valence electrons. The van der Waals surface area contributed by atoms with Crippen LogP contribution in [0.4, 0.5) is 0 Å². The van der Waals surface area contributed by atoms with Crippen LogP contribution in [-0.2, 0) is 6.54 Å². The molecule has 0 saturated heterocycles. The van der Waals surface area contributed by atoms with Crippen molar-refractivity contribution in [1.29, 1.82) is 5.26 Å². The third-order valence-electron chi connectivity index (χ3n) is 4.29. The summed E-state index contributed by atoms with van der Waals surface area (Å²) in [6.45, 7) is 2.69. The van der Waals surface area contributed by atoms with E-state index in [1.54, 1.807) is 36.5 Å². The normalized spacial score (nSPS) is 13.3. The number of benzene rings is 2. The molecule has 2 atom stereocenters. The standard InChI is InChI=1S/C20H20N4O2/c1-14(22-12-19(25)16-8-6-15(10-21)7-9-16)13-24-20(26)18-5-3-2-4-17(18)11-23-24/h2-9,11,14,19,22,25H,12-13H2,1H3. The van der Waals surface area contributed by atoms with Crippen LogP contribution in [0.3, 0.4) is 0 Å². The third kappa shape index (κ3) is 3.97. The second-order valence-electron chi connectivity index (χ2n) is 6.28. The van der Waals surface area contributed by atoms with Crippen LogP contribution in [-0.4, -0.2) is 27.5 Å². The van der Waals surface area contributed by atoms with Gasteiger partial charge in [0.05, 0.1) is 35.9 Å². The Morgan fingerprint density at radius 1 is 1.23 bits per heavy atom. The minimum atomic E-state index is -0.688. The molecule has 0 amide bonds. The van der Waals surface area contributed by atoms with Gasteiger partial charge in [0.25, 0.3) is 5.56 Å². The molecule has 0 spiro atoms. The van der Waals surface area contributed by atoms with Gasteiger partial charge in [0.1, 0.15) is 0 Å². The summed E-state index contributed by atoms with van der Waals surface area (Å²) < 4.78 is 1.44.